The number of halogens is 1. The van der Waals surface area contributed by atoms with Gasteiger partial charge in [-0.3, -0.25) is 19.3 Å². The molecule has 4 aliphatic rings. The summed E-state index contributed by atoms with van der Waals surface area (Å²) in [5.41, 5.74) is 0.00603. The van der Waals surface area contributed by atoms with Crippen LogP contribution in [0.5, 0.6) is 0 Å². The van der Waals surface area contributed by atoms with Gasteiger partial charge in [-0.15, -0.1) is 0 Å². The second-order valence-corrected chi connectivity index (χ2v) is 11.5. The van der Waals surface area contributed by atoms with Crippen molar-refractivity contribution >= 4 is 23.4 Å². The summed E-state index contributed by atoms with van der Waals surface area (Å²) in [4.78, 5) is 46.7. The molecule has 3 saturated heterocycles. The fourth-order valence-corrected chi connectivity index (χ4v) is 6.72. The molecule has 1 saturated carbocycles. The number of piperazine rings is 1. The zero-order valence-electron chi connectivity index (χ0n) is 22.2. The predicted molar refractivity (Wildman–Crippen MR) is 139 cm³/mol. The molecule has 1 aliphatic carbocycles. The van der Waals surface area contributed by atoms with Crippen molar-refractivity contribution in [2.45, 2.75) is 63.5 Å². The fraction of sp³-hybridized carbons (Fsp3) is 0.679. The summed E-state index contributed by atoms with van der Waals surface area (Å²) >= 11 is 0. The Morgan fingerprint density at radius 2 is 1.68 bits per heavy atom. The van der Waals surface area contributed by atoms with Gasteiger partial charge in [-0.2, -0.15) is 0 Å². The largest absolute Gasteiger partial charge is 0.369 e. The molecule has 9 heteroatoms. The Hall–Kier alpha value is -2.68. The van der Waals surface area contributed by atoms with Gasteiger partial charge in [0.2, 0.25) is 17.7 Å². The smallest absolute Gasteiger partial charge is 0.248 e. The minimum absolute atomic E-state index is 0.0565. The summed E-state index contributed by atoms with van der Waals surface area (Å²) < 4.78 is 13.2. The normalized spacial score (nSPS) is 25.1. The molecule has 37 heavy (non-hydrogen) atoms. The topological polar surface area (TPSA) is 76.2 Å². The van der Waals surface area contributed by atoms with Gasteiger partial charge in [0.25, 0.3) is 0 Å². The van der Waals surface area contributed by atoms with Crippen LogP contribution in [-0.4, -0.2) is 96.9 Å². The van der Waals surface area contributed by atoms with Crippen molar-refractivity contribution in [3.05, 3.63) is 30.1 Å². The van der Waals surface area contributed by atoms with Crippen molar-refractivity contribution in [3.63, 3.8) is 0 Å². The van der Waals surface area contributed by atoms with Crippen molar-refractivity contribution in [2.24, 2.45) is 5.41 Å². The number of anilines is 1. The highest BCUT2D eigenvalue weighted by atomic mass is 19.1. The van der Waals surface area contributed by atoms with E-state index in [4.69, 9.17) is 0 Å². The zero-order chi connectivity index (χ0) is 26.2. The number of amides is 3. The average Bonchev–Trinajstić information content (AvgIpc) is 3.17. The Morgan fingerprint density at radius 1 is 1.03 bits per heavy atom. The van der Waals surface area contributed by atoms with E-state index in [1.165, 1.54) is 19.1 Å². The van der Waals surface area contributed by atoms with E-state index in [0.29, 0.717) is 25.9 Å². The van der Waals surface area contributed by atoms with E-state index in [1.807, 2.05) is 17.0 Å². The molecule has 1 atom stereocenters. The number of nitrogens with zero attached hydrogens (tertiary/aromatic N) is 4. The number of rotatable bonds is 6. The van der Waals surface area contributed by atoms with E-state index in [-0.39, 0.29) is 35.0 Å². The zero-order valence-corrected chi connectivity index (χ0v) is 22.2. The van der Waals surface area contributed by atoms with Crippen LogP contribution in [0.3, 0.4) is 0 Å². The van der Waals surface area contributed by atoms with Crippen molar-refractivity contribution in [1.82, 2.24) is 20.0 Å². The van der Waals surface area contributed by atoms with E-state index in [1.54, 1.807) is 11.9 Å². The van der Waals surface area contributed by atoms with Gasteiger partial charge in [0.05, 0.1) is 5.41 Å². The highest BCUT2D eigenvalue weighted by Gasteiger charge is 2.54. The standard InChI is InChI=1S/C28H40FN5O3/c1-21(35)31(2)28(9-3-10-28)26(37)34-14-11-27(12-15-34)20-23(30-25(27)36)8-13-32-16-18-33(19-17-32)24-6-4-22(29)5-7-24/h4-7,23H,3,8-20H2,1-2H3,(H,30,36)/t23-/m0/s1. The first kappa shape index (κ1) is 25.9. The van der Waals surface area contributed by atoms with Crippen LogP contribution in [0, 0.1) is 11.2 Å². The van der Waals surface area contributed by atoms with E-state index in [0.717, 1.165) is 70.5 Å². The lowest BCUT2D eigenvalue weighted by atomic mass is 9.72. The highest BCUT2D eigenvalue weighted by Crippen LogP contribution is 2.44. The molecule has 1 aromatic rings. The molecule has 1 N–H and O–H groups in total. The summed E-state index contributed by atoms with van der Waals surface area (Å²) in [5.74, 6) is -0.0821. The Morgan fingerprint density at radius 3 is 2.24 bits per heavy atom. The van der Waals surface area contributed by atoms with E-state index in [2.05, 4.69) is 15.1 Å². The molecular weight excluding hydrogens is 473 g/mol. The Kier molecular flexibility index (Phi) is 7.18. The molecule has 1 aromatic carbocycles. The summed E-state index contributed by atoms with van der Waals surface area (Å²) in [5, 5.41) is 3.26. The molecular formula is C28H40FN5O3. The molecule has 4 fully saturated rings. The molecule has 1 spiro atoms. The average molecular weight is 514 g/mol. The molecule has 0 bridgehead atoms. The molecule has 0 radical (unpaired) electrons. The van der Waals surface area contributed by atoms with Gasteiger partial charge in [0.15, 0.2) is 0 Å². The highest BCUT2D eigenvalue weighted by molar-refractivity contribution is 5.92. The number of hydrogen-bond acceptors (Lipinski definition) is 5. The van der Waals surface area contributed by atoms with Crippen LogP contribution in [0.25, 0.3) is 0 Å². The molecule has 3 heterocycles. The minimum Gasteiger partial charge on any atom is -0.369 e. The lowest BCUT2D eigenvalue weighted by Crippen LogP contribution is -2.64. The number of benzene rings is 1. The number of likely N-dealkylation sites (N-methyl/N-ethyl adjacent to an activating group) is 1. The lowest BCUT2D eigenvalue weighted by molar-refractivity contribution is -0.160. The number of piperidine rings is 1. The summed E-state index contributed by atoms with van der Waals surface area (Å²) in [6.45, 7) is 7.37. The molecule has 0 unspecified atom stereocenters. The first-order valence-electron chi connectivity index (χ1n) is 13.8. The molecule has 8 nitrogen and oxygen atoms in total. The first-order chi connectivity index (χ1) is 17.7. The van der Waals surface area contributed by atoms with E-state index >= 15 is 0 Å². The number of likely N-dealkylation sites (tertiary alicyclic amines) is 1. The van der Waals surface area contributed by atoms with Crippen molar-refractivity contribution in [1.29, 1.82) is 0 Å². The fourth-order valence-electron chi connectivity index (χ4n) is 6.72. The van der Waals surface area contributed by atoms with Gasteiger partial charge < -0.3 is 20.0 Å². The Labute approximate surface area is 219 Å². The first-order valence-corrected chi connectivity index (χ1v) is 13.8. The SMILES string of the molecule is CC(=O)N(C)C1(C(=O)N2CCC3(CC2)C[C@H](CCN2CCN(c4ccc(F)cc4)CC2)NC3=O)CCC1. The number of carbonyl (C=O) groups excluding carboxylic acids is 3. The maximum absolute atomic E-state index is 13.4. The monoisotopic (exact) mass is 513 g/mol. The molecule has 3 aliphatic heterocycles. The van der Waals surface area contributed by atoms with E-state index in [9.17, 15) is 18.8 Å². The van der Waals surface area contributed by atoms with Gasteiger partial charge in [0.1, 0.15) is 11.4 Å². The Balaban J connectivity index is 1.09. The minimum atomic E-state index is -0.683. The van der Waals surface area contributed by atoms with Crippen LogP contribution in [0.15, 0.2) is 24.3 Å². The predicted octanol–water partition coefficient (Wildman–Crippen LogP) is 2.24. The van der Waals surface area contributed by atoms with Gasteiger partial charge in [-0.05, 0) is 69.2 Å². The molecule has 202 valence electrons. The third kappa shape index (κ3) is 4.94. The molecule has 5 rings (SSSR count). The maximum Gasteiger partial charge on any atom is 0.248 e. The van der Waals surface area contributed by atoms with Crippen LogP contribution in [-0.2, 0) is 14.4 Å². The van der Waals surface area contributed by atoms with Crippen LogP contribution in [0.1, 0.15) is 51.9 Å². The third-order valence-corrected chi connectivity index (χ3v) is 9.51. The lowest BCUT2D eigenvalue weighted by Gasteiger charge is -2.50. The maximum atomic E-state index is 13.4. The molecule has 0 aromatic heterocycles. The molecule has 3 amide bonds. The van der Waals surface area contributed by atoms with Gasteiger partial charge in [-0.25, -0.2) is 4.39 Å². The van der Waals surface area contributed by atoms with Crippen molar-refractivity contribution in [2.75, 3.05) is 57.8 Å². The van der Waals surface area contributed by atoms with Gasteiger partial charge >= 0.3 is 0 Å². The summed E-state index contributed by atoms with van der Waals surface area (Å²) in [6, 6.07) is 6.87. The third-order valence-electron chi connectivity index (χ3n) is 9.51. The van der Waals surface area contributed by atoms with Crippen LogP contribution in [0.2, 0.25) is 0 Å². The number of hydrogen-bond donors (Lipinski definition) is 1. The second kappa shape index (κ2) is 10.2. The van der Waals surface area contributed by atoms with Crippen LogP contribution >= 0.6 is 0 Å². The summed E-state index contributed by atoms with van der Waals surface area (Å²) in [7, 11) is 1.74. The Bertz CT molecular complexity index is 1010. The number of carbonyl (C=O) groups is 3. The van der Waals surface area contributed by atoms with Crippen LogP contribution < -0.4 is 10.2 Å². The summed E-state index contributed by atoms with van der Waals surface area (Å²) in [6.07, 6.45) is 5.57. The van der Waals surface area contributed by atoms with Gasteiger partial charge in [-0.1, -0.05) is 0 Å². The van der Waals surface area contributed by atoms with Gasteiger partial charge in [0, 0.05) is 71.5 Å². The quantitative estimate of drug-likeness (QED) is 0.632. The van der Waals surface area contributed by atoms with E-state index < -0.39 is 5.54 Å². The second-order valence-electron chi connectivity index (χ2n) is 11.5. The van der Waals surface area contributed by atoms with Crippen molar-refractivity contribution in [3.8, 4) is 0 Å². The van der Waals surface area contributed by atoms with Crippen molar-refractivity contribution < 1.29 is 18.8 Å². The number of nitrogens with one attached hydrogen (secondary N) is 1. The van der Waals surface area contributed by atoms with Crippen LogP contribution in [0.4, 0.5) is 10.1 Å².